The van der Waals surface area contributed by atoms with Crippen LogP contribution in [0.4, 0.5) is 11.6 Å². The van der Waals surface area contributed by atoms with Gasteiger partial charge in [0, 0.05) is 38.6 Å². The Balaban J connectivity index is 1.46. The van der Waals surface area contributed by atoms with Gasteiger partial charge in [0.2, 0.25) is 0 Å². The van der Waals surface area contributed by atoms with E-state index in [-0.39, 0.29) is 0 Å². The molecule has 1 saturated heterocycles. The zero-order valence-electron chi connectivity index (χ0n) is 22.5. The summed E-state index contributed by atoms with van der Waals surface area (Å²) < 4.78 is 2.32. The van der Waals surface area contributed by atoms with Crippen LogP contribution in [-0.2, 0) is 0 Å². The average molecular weight is 521 g/mol. The van der Waals surface area contributed by atoms with Gasteiger partial charge in [0.05, 0.1) is 10.8 Å². The number of piperazine rings is 1. The van der Waals surface area contributed by atoms with Crippen LogP contribution in [0.3, 0.4) is 0 Å². The summed E-state index contributed by atoms with van der Waals surface area (Å²) in [7, 11) is 0. The van der Waals surface area contributed by atoms with E-state index < -0.39 is 22.6 Å². The Hall–Kier alpha value is -4.22. The van der Waals surface area contributed by atoms with Crippen LogP contribution in [0.1, 0.15) is 41.5 Å². The Morgan fingerprint density at radius 3 is 1.37 bits per heavy atom. The second-order valence-electron chi connectivity index (χ2n) is 11.2. The van der Waals surface area contributed by atoms with Crippen molar-refractivity contribution in [2.24, 2.45) is 0 Å². The summed E-state index contributed by atoms with van der Waals surface area (Å²) in [5.41, 5.74) is -1.41. The highest BCUT2D eigenvalue weighted by Gasteiger charge is 2.27. The summed E-state index contributed by atoms with van der Waals surface area (Å²) in [6.45, 7) is 13.4. The van der Waals surface area contributed by atoms with Gasteiger partial charge in [-0.05, 0) is 65.8 Å². The van der Waals surface area contributed by atoms with Crippen molar-refractivity contribution in [1.29, 1.82) is 0 Å². The number of anilines is 2. The molecule has 1 fully saturated rings. The van der Waals surface area contributed by atoms with Gasteiger partial charge in [-0.1, -0.05) is 0 Å². The van der Waals surface area contributed by atoms with Crippen LogP contribution in [0, 0.1) is 0 Å². The monoisotopic (exact) mass is 520 g/mol. The second kappa shape index (κ2) is 9.26. The average Bonchev–Trinajstić information content (AvgIpc) is 2.86. The molecule has 0 bridgehead atoms. The minimum absolute atomic E-state index is 0.418. The maximum Gasteiger partial charge on any atom is 0.384 e. The first kappa shape index (κ1) is 25.4. The van der Waals surface area contributed by atoms with E-state index in [4.69, 9.17) is 9.68 Å². The third kappa shape index (κ3) is 4.98. The molecule has 0 atom stereocenters. The summed E-state index contributed by atoms with van der Waals surface area (Å²) in [6, 6.07) is 7.39. The van der Waals surface area contributed by atoms with E-state index in [1.165, 1.54) is 0 Å². The highest BCUT2D eigenvalue weighted by Crippen LogP contribution is 2.26. The van der Waals surface area contributed by atoms with Crippen LogP contribution in [-0.4, -0.2) is 66.8 Å². The molecule has 5 rings (SSSR count). The second-order valence-corrected chi connectivity index (χ2v) is 11.2. The van der Waals surface area contributed by atoms with Gasteiger partial charge >= 0.3 is 11.4 Å². The number of rotatable bonds is 4. The third-order valence-electron chi connectivity index (χ3n) is 5.80. The van der Waals surface area contributed by atoms with Crippen LogP contribution in [0.25, 0.3) is 22.1 Å². The van der Waals surface area contributed by atoms with E-state index in [1.54, 1.807) is 12.4 Å². The molecule has 0 unspecified atom stereocenters. The van der Waals surface area contributed by atoms with Crippen molar-refractivity contribution in [3.63, 3.8) is 0 Å². The molecule has 1 aliphatic rings. The minimum Gasteiger partial charge on any atom is -0.402 e. The molecular formula is C26H32N8O4. The molecule has 200 valence electrons. The molecule has 12 nitrogen and oxygen atoms in total. The molecule has 5 heterocycles. The standard InChI is InChI=1S/C26H32N8O4/c1-25(2,3)37-33-19-17(9-7-11-27-19)21(29-23(33)35)31-13-15-32(16-14-31)22-18-10-8-12-28-20(18)34(24(36)30-22)38-26(4,5)6/h7-12H,13-16H2,1-6H3. The van der Waals surface area contributed by atoms with E-state index in [2.05, 4.69) is 19.9 Å². The first-order valence-electron chi connectivity index (χ1n) is 12.6. The third-order valence-corrected chi connectivity index (χ3v) is 5.80. The lowest BCUT2D eigenvalue weighted by molar-refractivity contribution is -0.0163. The number of hydrogen-bond acceptors (Lipinski definition) is 10. The smallest absolute Gasteiger partial charge is 0.384 e. The predicted molar refractivity (Wildman–Crippen MR) is 145 cm³/mol. The van der Waals surface area contributed by atoms with Crippen molar-refractivity contribution in [3.8, 4) is 0 Å². The normalized spacial score (nSPS) is 14.8. The summed E-state index contributed by atoms with van der Waals surface area (Å²) in [4.78, 5) is 59.3. The van der Waals surface area contributed by atoms with Crippen molar-refractivity contribution >= 4 is 33.7 Å². The molecule has 0 radical (unpaired) electrons. The van der Waals surface area contributed by atoms with Gasteiger partial charge in [0.15, 0.2) is 11.3 Å². The van der Waals surface area contributed by atoms with E-state index >= 15 is 0 Å². The molecule has 0 spiro atoms. The van der Waals surface area contributed by atoms with Crippen molar-refractivity contribution < 1.29 is 9.68 Å². The van der Waals surface area contributed by atoms with Crippen LogP contribution < -0.4 is 30.9 Å². The van der Waals surface area contributed by atoms with E-state index in [1.807, 2.05) is 75.6 Å². The molecule has 38 heavy (non-hydrogen) atoms. The molecule has 12 heteroatoms. The molecule has 0 N–H and O–H groups in total. The van der Waals surface area contributed by atoms with Crippen molar-refractivity contribution in [3.05, 3.63) is 57.6 Å². The molecule has 4 aromatic rings. The highest BCUT2D eigenvalue weighted by atomic mass is 16.7. The molecule has 0 saturated carbocycles. The van der Waals surface area contributed by atoms with Gasteiger partial charge < -0.3 is 19.5 Å². The minimum atomic E-state index is -0.597. The lowest BCUT2D eigenvalue weighted by Crippen LogP contribution is -2.49. The Morgan fingerprint density at radius 2 is 1.03 bits per heavy atom. The zero-order valence-corrected chi connectivity index (χ0v) is 22.5. The SMILES string of the molecule is CC(C)(C)On1c(=O)nc(N2CCN(c3nc(=O)n(OC(C)(C)C)c4ncccc34)CC2)c2cccnc21. The highest BCUT2D eigenvalue weighted by molar-refractivity contribution is 5.88. The molecule has 0 aromatic carbocycles. The maximum atomic E-state index is 13.0. The molecule has 0 aliphatic carbocycles. The number of pyridine rings is 2. The molecule has 0 amide bonds. The van der Waals surface area contributed by atoms with Crippen LogP contribution in [0.2, 0.25) is 0 Å². The first-order chi connectivity index (χ1) is 17.9. The fraction of sp³-hybridized carbons (Fsp3) is 0.462. The molecule has 1 aliphatic heterocycles. The molecular weight excluding hydrogens is 488 g/mol. The Labute approximate surface area is 219 Å². The van der Waals surface area contributed by atoms with Crippen LogP contribution in [0.5, 0.6) is 0 Å². The van der Waals surface area contributed by atoms with Crippen LogP contribution >= 0.6 is 0 Å². The molecule has 4 aromatic heterocycles. The largest absolute Gasteiger partial charge is 0.402 e. The van der Waals surface area contributed by atoms with E-state index in [9.17, 15) is 9.59 Å². The van der Waals surface area contributed by atoms with Crippen molar-refractivity contribution in [2.75, 3.05) is 36.0 Å². The van der Waals surface area contributed by atoms with Gasteiger partial charge in [-0.15, -0.1) is 9.46 Å². The Bertz CT molecular complexity index is 1490. The summed E-state index contributed by atoms with van der Waals surface area (Å²) in [6.07, 6.45) is 3.25. The van der Waals surface area contributed by atoms with E-state index in [0.29, 0.717) is 49.1 Å². The van der Waals surface area contributed by atoms with Gasteiger partial charge in [-0.2, -0.15) is 9.97 Å². The Kier molecular flexibility index (Phi) is 6.20. The zero-order chi connectivity index (χ0) is 27.2. The number of aromatic nitrogens is 6. The van der Waals surface area contributed by atoms with Gasteiger partial charge in [-0.3, -0.25) is 0 Å². The van der Waals surface area contributed by atoms with Crippen LogP contribution in [0.15, 0.2) is 46.2 Å². The summed E-state index contributed by atoms with van der Waals surface area (Å²) in [5, 5.41) is 1.44. The summed E-state index contributed by atoms with van der Waals surface area (Å²) in [5.74, 6) is 1.11. The number of fused-ring (bicyclic) bond motifs is 2. The van der Waals surface area contributed by atoms with Gasteiger partial charge in [0.25, 0.3) is 0 Å². The lowest BCUT2D eigenvalue weighted by atomic mass is 10.2. The number of hydrogen-bond donors (Lipinski definition) is 0. The van der Waals surface area contributed by atoms with E-state index in [0.717, 1.165) is 20.2 Å². The van der Waals surface area contributed by atoms with Crippen molar-refractivity contribution in [1.82, 2.24) is 29.4 Å². The maximum absolute atomic E-state index is 13.0. The first-order valence-corrected chi connectivity index (χ1v) is 12.6. The predicted octanol–water partition coefficient (Wildman–Crippen LogP) is 1.68. The van der Waals surface area contributed by atoms with Gasteiger partial charge in [0.1, 0.15) is 22.8 Å². The number of nitrogens with zero attached hydrogens (tertiary/aromatic N) is 8. The quantitative estimate of drug-likeness (QED) is 0.393. The van der Waals surface area contributed by atoms with Crippen molar-refractivity contribution in [2.45, 2.75) is 52.7 Å². The fourth-order valence-corrected chi connectivity index (χ4v) is 4.36. The fourth-order valence-electron chi connectivity index (χ4n) is 4.36. The lowest BCUT2D eigenvalue weighted by Gasteiger charge is -2.36. The Morgan fingerprint density at radius 1 is 0.658 bits per heavy atom. The van der Waals surface area contributed by atoms with Gasteiger partial charge in [-0.25, -0.2) is 19.6 Å². The topological polar surface area (TPSA) is 121 Å². The summed E-state index contributed by atoms with van der Waals surface area (Å²) >= 11 is 0.